The van der Waals surface area contributed by atoms with E-state index in [1.807, 2.05) is 0 Å². The van der Waals surface area contributed by atoms with Crippen molar-refractivity contribution in [2.45, 2.75) is 39.0 Å². The first-order valence-electron chi connectivity index (χ1n) is 6.73. The summed E-state index contributed by atoms with van der Waals surface area (Å²) in [5.41, 5.74) is 0.855. The van der Waals surface area contributed by atoms with Crippen LogP contribution in [-0.2, 0) is 6.42 Å². The van der Waals surface area contributed by atoms with E-state index >= 15 is 0 Å². The molecule has 2 unspecified atom stereocenters. The van der Waals surface area contributed by atoms with Crippen LogP contribution in [0.5, 0.6) is 0 Å². The van der Waals surface area contributed by atoms with Crippen molar-refractivity contribution in [2.75, 3.05) is 0 Å². The molecule has 0 aromatic heterocycles. The quantitative estimate of drug-likeness (QED) is 0.608. The molecular weight excluding hydrogens is 240 g/mol. The Hall–Kier alpha value is -1.89. The number of nitro benzene ring substituents is 1. The van der Waals surface area contributed by atoms with E-state index < -0.39 is 4.92 Å². The summed E-state index contributed by atoms with van der Waals surface area (Å²) in [6.07, 6.45) is 4.86. The lowest BCUT2D eigenvalue weighted by Crippen LogP contribution is -2.18. The standard InChI is InChI=1S/C15H18N2O2/c1-2-12-7-8-15(9-12,11-16)10-13-3-5-14(6-4-13)17(18)19/h3-6,12H,2,7-10H2,1H3. The van der Waals surface area contributed by atoms with Gasteiger partial charge in [0.1, 0.15) is 0 Å². The number of hydrogen-bond acceptors (Lipinski definition) is 3. The number of rotatable bonds is 4. The Morgan fingerprint density at radius 3 is 2.63 bits per heavy atom. The normalized spacial score (nSPS) is 26.0. The van der Waals surface area contributed by atoms with Crippen molar-refractivity contribution in [1.82, 2.24) is 0 Å². The lowest BCUT2D eigenvalue weighted by atomic mass is 9.80. The number of nitriles is 1. The van der Waals surface area contributed by atoms with Gasteiger partial charge in [-0.15, -0.1) is 0 Å². The third kappa shape index (κ3) is 2.93. The van der Waals surface area contributed by atoms with Gasteiger partial charge in [0.15, 0.2) is 0 Å². The van der Waals surface area contributed by atoms with Gasteiger partial charge >= 0.3 is 0 Å². The average Bonchev–Trinajstić information content (AvgIpc) is 2.83. The van der Waals surface area contributed by atoms with Crippen LogP contribution in [0.2, 0.25) is 0 Å². The molecule has 0 amide bonds. The van der Waals surface area contributed by atoms with Crippen LogP contribution in [0, 0.1) is 32.8 Å². The molecule has 1 aromatic carbocycles. The molecule has 0 heterocycles. The van der Waals surface area contributed by atoms with Crippen LogP contribution in [0.1, 0.15) is 38.2 Å². The van der Waals surface area contributed by atoms with Gasteiger partial charge < -0.3 is 0 Å². The minimum Gasteiger partial charge on any atom is -0.258 e. The Morgan fingerprint density at radius 2 is 2.16 bits per heavy atom. The van der Waals surface area contributed by atoms with Crippen LogP contribution < -0.4 is 0 Å². The van der Waals surface area contributed by atoms with E-state index in [4.69, 9.17) is 0 Å². The molecule has 0 saturated heterocycles. The molecule has 1 aromatic rings. The van der Waals surface area contributed by atoms with Gasteiger partial charge in [-0.1, -0.05) is 25.5 Å². The molecule has 0 bridgehead atoms. The zero-order valence-electron chi connectivity index (χ0n) is 11.1. The highest BCUT2D eigenvalue weighted by molar-refractivity contribution is 5.34. The first-order chi connectivity index (χ1) is 9.08. The minimum absolute atomic E-state index is 0.104. The van der Waals surface area contributed by atoms with Crippen LogP contribution in [0.4, 0.5) is 5.69 Å². The van der Waals surface area contributed by atoms with Gasteiger partial charge in [0, 0.05) is 12.1 Å². The van der Waals surface area contributed by atoms with Crippen LogP contribution in [0.15, 0.2) is 24.3 Å². The monoisotopic (exact) mass is 258 g/mol. The van der Waals surface area contributed by atoms with Crippen LogP contribution in [-0.4, -0.2) is 4.92 Å². The first-order valence-corrected chi connectivity index (χ1v) is 6.73. The Morgan fingerprint density at radius 1 is 1.47 bits per heavy atom. The maximum Gasteiger partial charge on any atom is 0.269 e. The van der Waals surface area contributed by atoms with Crippen molar-refractivity contribution in [3.05, 3.63) is 39.9 Å². The molecule has 0 spiro atoms. The smallest absolute Gasteiger partial charge is 0.258 e. The summed E-state index contributed by atoms with van der Waals surface area (Å²) >= 11 is 0. The van der Waals surface area contributed by atoms with Gasteiger partial charge in [0.25, 0.3) is 5.69 Å². The molecule has 4 heteroatoms. The van der Waals surface area contributed by atoms with Crippen molar-refractivity contribution < 1.29 is 4.92 Å². The molecule has 0 radical (unpaired) electrons. The summed E-state index contributed by atoms with van der Waals surface area (Å²) in [6.45, 7) is 2.17. The SMILES string of the molecule is CCC1CCC(C#N)(Cc2ccc([N+](=O)[O-])cc2)C1. The predicted molar refractivity (Wildman–Crippen MR) is 72.5 cm³/mol. The Balaban J connectivity index is 2.11. The molecule has 1 aliphatic rings. The van der Waals surface area contributed by atoms with Gasteiger partial charge in [-0.2, -0.15) is 5.26 Å². The van der Waals surface area contributed by atoms with E-state index in [0.29, 0.717) is 12.3 Å². The van der Waals surface area contributed by atoms with E-state index in [9.17, 15) is 15.4 Å². The average molecular weight is 258 g/mol. The summed E-state index contributed by atoms with van der Waals surface area (Å²) < 4.78 is 0. The molecule has 1 saturated carbocycles. The minimum atomic E-state index is -0.396. The Labute approximate surface area is 113 Å². The van der Waals surface area contributed by atoms with E-state index in [0.717, 1.165) is 31.2 Å². The Kier molecular flexibility index (Phi) is 3.84. The van der Waals surface area contributed by atoms with E-state index in [-0.39, 0.29) is 11.1 Å². The van der Waals surface area contributed by atoms with E-state index in [1.165, 1.54) is 12.1 Å². The fourth-order valence-electron chi connectivity index (χ4n) is 3.01. The second-order valence-corrected chi connectivity index (χ2v) is 5.51. The molecule has 2 atom stereocenters. The van der Waals surface area contributed by atoms with Gasteiger partial charge in [0.05, 0.1) is 16.4 Å². The molecule has 1 aliphatic carbocycles. The fraction of sp³-hybridized carbons (Fsp3) is 0.533. The van der Waals surface area contributed by atoms with Crippen LogP contribution in [0.25, 0.3) is 0 Å². The second-order valence-electron chi connectivity index (χ2n) is 5.51. The highest BCUT2D eigenvalue weighted by Gasteiger charge is 2.38. The molecule has 19 heavy (non-hydrogen) atoms. The number of nitro groups is 1. The second kappa shape index (κ2) is 5.40. The van der Waals surface area contributed by atoms with Crippen molar-refractivity contribution in [1.29, 1.82) is 5.26 Å². The van der Waals surface area contributed by atoms with Gasteiger partial charge in [-0.05, 0) is 37.2 Å². The largest absolute Gasteiger partial charge is 0.269 e. The zero-order valence-corrected chi connectivity index (χ0v) is 11.1. The predicted octanol–water partition coefficient (Wildman–Crippen LogP) is 3.86. The maximum absolute atomic E-state index is 10.6. The summed E-state index contributed by atoms with van der Waals surface area (Å²) in [5, 5.41) is 20.1. The number of hydrogen-bond donors (Lipinski definition) is 0. The highest BCUT2D eigenvalue weighted by atomic mass is 16.6. The summed E-state index contributed by atoms with van der Waals surface area (Å²) in [4.78, 5) is 10.2. The van der Waals surface area contributed by atoms with Crippen molar-refractivity contribution in [3.63, 3.8) is 0 Å². The summed E-state index contributed by atoms with van der Waals surface area (Å²) in [6, 6.07) is 9.08. The molecule has 0 aliphatic heterocycles. The van der Waals surface area contributed by atoms with Crippen molar-refractivity contribution in [2.24, 2.45) is 11.3 Å². The van der Waals surface area contributed by atoms with E-state index in [2.05, 4.69) is 13.0 Å². The number of non-ortho nitro benzene ring substituents is 1. The lowest BCUT2D eigenvalue weighted by molar-refractivity contribution is -0.384. The zero-order chi connectivity index (χ0) is 13.9. The van der Waals surface area contributed by atoms with Crippen LogP contribution >= 0.6 is 0 Å². The maximum atomic E-state index is 10.6. The molecule has 100 valence electrons. The highest BCUT2D eigenvalue weighted by Crippen LogP contribution is 2.45. The van der Waals surface area contributed by atoms with Crippen molar-refractivity contribution >= 4 is 5.69 Å². The Bertz CT molecular complexity index is 504. The topological polar surface area (TPSA) is 66.9 Å². The van der Waals surface area contributed by atoms with Gasteiger partial charge in [-0.25, -0.2) is 0 Å². The third-order valence-electron chi connectivity index (χ3n) is 4.21. The molecule has 2 rings (SSSR count). The van der Waals surface area contributed by atoms with Gasteiger partial charge in [-0.3, -0.25) is 10.1 Å². The van der Waals surface area contributed by atoms with Crippen LogP contribution in [0.3, 0.4) is 0 Å². The van der Waals surface area contributed by atoms with Crippen molar-refractivity contribution in [3.8, 4) is 6.07 Å². The molecular formula is C15H18N2O2. The molecule has 0 N–H and O–H groups in total. The molecule has 1 fully saturated rings. The van der Waals surface area contributed by atoms with Gasteiger partial charge in [0.2, 0.25) is 0 Å². The lowest BCUT2D eigenvalue weighted by Gasteiger charge is -2.20. The summed E-state index contributed by atoms with van der Waals surface area (Å²) in [5.74, 6) is 0.651. The third-order valence-corrected chi connectivity index (χ3v) is 4.21. The molecule has 4 nitrogen and oxygen atoms in total. The van der Waals surface area contributed by atoms with E-state index in [1.54, 1.807) is 12.1 Å². The first kappa shape index (κ1) is 13.5. The fourth-order valence-corrected chi connectivity index (χ4v) is 3.01. The number of nitrogens with zero attached hydrogens (tertiary/aromatic N) is 2. The summed E-state index contributed by atoms with van der Waals surface area (Å²) in [7, 11) is 0. The number of benzene rings is 1.